The van der Waals surface area contributed by atoms with Crippen LogP contribution in [-0.4, -0.2) is 17.8 Å². The molecule has 1 aromatic rings. The van der Waals surface area contributed by atoms with Crippen molar-refractivity contribution in [3.63, 3.8) is 0 Å². The van der Waals surface area contributed by atoms with Gasteiger partial charge >= 0.3 is 0 Å². The lowest BCUT2D eigenvalue weighted by molar-refractivity contribution is -0.116. The highest BCUT2D eigenvalue weighted by Gasteiger charge is 2.10. The zero-order valence-electron chi connectivity index (χ0n) is 9.25. The Morgan fingerprint density at radius 1 is 1.31 bits per heavy atom. The minimum atomic E-state index is -0.388. The van der Waals surface area contributed by atoms with Gasteiger partial charge in [-0.3, -0.25) is 4.79 Å². The molecule has 4 heteroatoms. The minimum absolute atomic E-state index is 0.0328. The Morgan fingerprint density at radius 3 is 2.50 bits per heavy atom. The maximum absolute atomic E-state index is 13.4. The molecule has 0 radical (unpaired) electrons. The van der Waals surface area contributed by atoms with Crippen molar-refractivity contribution in [1.29, 1.82) is 0 Å². The second-order valence-corrected chi connectivity index (χ2v) is 4.32. The van der Waals surface area contributed by atoms with Crippen molar-refractivity contribution in [1.82, 2.24) is 0 Å². The summed E-state index contributed by atoms with van der Waals surface area (Å²) in [5, 5.41) is 0. The summed E-state index contributed by atoms with van der Waals surface area (Å²) in [5.41, 5.74) is 0.330. The van der Waals surface area contributed by atoms with Crippen molar-refractivity contribution in [2.75, 3.05) is 6.26 Å². The molecular weight excluding hydrogens is 227 g/mol. The standard InChI is InChI=1S/C12H13FO2S/c1-8(14)3-5-11(15)9-4-6-12(16-2)10(13)7-9/h4,6-7H,3,5H2,1-2H3. The lowest BCUT2D eigenvalue weighted by Gasteiger charge is -2.03. The Bertz CT molecular complexity index is 415. The lowest BCUT2D eigenvalue weighted by atomic mass is 10.1. The number of halogens is 1. The molecule has 0 atom stereocenters. The van der Waals surface area contributed by atoms with E-state index in [2.05, 4.69) is 0 Å². The molecule has 0 N–H and O–H groups in total. The van der Waals surface area contributed by atoms with Crippen LogP contribution in [0.4, 0.5) is 4.39 Å². The number of benzene rings is 1. The summed E-state index contributed by atoms with van der Waals surface area (Å²) in [4.78, 5) is 22.8. The number of thioether (sulfide) groups is 1. The lowest BCUT2D eigenvalue weighted by Crippen LogP contribution is -2.02. The fourth-order valence-corrected chi connectivity index (χ4v) is 1.73. The van der Waals surface area contributed by atoms with Crippen LogP contribution in [0.5, 0.6) is 0 Å². The summed E-state index contributed by atoms with van der Waals surface area (Å²) in [6, 6.07) is 4.41. The van der Waals surface area contributed by atoms with Crippen LogP contribution in [0.2, 0.25) is 0 Å². The van der Waals surface area contributed by atoms with E-state index in [-0.39, 0.29) is 30.2 Å². The summed E-state index contributed by atoms with van der Waals surface area (Å²) in [6.45, 7) is 1.44. The monoisotopic (exact) mass is 240 g/mol. The third-order valence-electron chi connectivity index (χ3n) is 2.18. The largest absolute Gasteiger partial charge is 0.300 e. The molecule has 0 aliphatic rings. The number of carbonyl (C=O) groups excluding carboxylic acids is 2. The van der Waals surface area contributed by atoms with Crippen molar-refractivity contribution < 1.29 is 14.0 Å². The number of carbonyl (C=O) groups is 2. The molecule has 1 rings (SSSR count). The fourth-order valence-electron chi connectivity index (χ4n) is 1.27. The van der Waals surface area contributed by atoms with Crippen molar-refractivity contribution in [3.8, 4) is 0 Å². The third-order valence-corrected chi connectivity index (χ3v) is 2.95. The Balaban J connectivity index is 2.77. The Labute approximate surface area is 98.2 Å². The van der Waals surface area contributed by atoms with Gasteiger partial charge < -0.3 is 4.79 Å². The van der Waals surface area contributed by atoms with E-state index in [4.69, 9.17) is 0 Å². The first kappa shape index (κ1) is 12.9. The van der Waals surface area contributed by atoms with E-state index >= 15 is 0 Å². The first-order valence-electron chi connectivity index (χ1n) is 4.90. The third kappa shape index (κ3) is 3.45. The van der Waals surface area contributed by atoms with Crippen LogP contribution in [0.15, 0.2) is 23.1 Å². The van der Waals surface area contributed by atoms with E-state index in [1.807, 2.05) is 0 Å². The molecule has 0 amide bonds. The molecule has 0 aliphatic carbocycles. The van der Waals surface area contributed by atoms with Crippen LogP contribution in [0.3, 0.4) is 0 Å². The van der Waals surface area contributed by atoms with Gasteiger partial charge in [0.25, 0.3) is 0 Å². The van der Waals surface area contributed by atoms with Crippen molar-refractivity contribution >= 4 is 23.3 Å². The highest BCUT2D eigenvalue weighted by Crippen LogP contribution is 2.20. The van der Waals surface area contributed by atoms with E-state index in [0.717, 1.165) is 0 Å². The van der Waals surface area contributed by atoms with E-state index in [9.17, 15) is 14.0 Å². The highest BCUT2D eigenvalue weighted by molar-refractivity contribution is 7.98. The summed E-state index contributed by atoms with van der Waals surface area (Å²) < 4.78 is 13.4. The molecule has 0 aromatic heterocycles. The Hall–Kier alpha value is -1.16. The van der Waals surface area contributed by atoms with E-state index in [1.54, 1.807) is 18.4 Å². The van der Waals surface area contributed by atoms with Gasteiger partial charge in [-0.05, 0) is 25.3 Å². The average Bonchev–Trinajstić information content (AvgIpc) is 2.25. The number of ketones is 2. The van der Waals surface area contributed by atoms with Gasteiger partial charge in [-0.2, -0.15) is 0 Å². The molecule has 0 saturated heterocycles. The molecule has 0 unspecified atom stereocenters. The second kappa shape index (κ2) is 5.80. The minimum Gasteiger partial charge on any atom is -0.300 e. The molecule has 0 heterocycles. The van der Waals surface area contributed by atoms with Gasteiger partial charge in [0, 0.05) is 23.3 Å². The maximum atomic E-state index is 13.4. The highest BCUT2D eigenvalue weighted by atomic mass is 32.2. The topological polar surface area (TPSA) is 34.1 Å². The van der Waals surface area contributed by atoms with Crippen LogP contribution in [0.25, 0.3) is 0 Å². The molecule has 86 valence electrons. The summed E-state index contributed by atoms with van der Waals surface area (Å²) in [7, 11) is 0. The van der Waals surface area contributed by atoms with E-state index in [0.29, 0.717) is 10.5 Å². The maximum Gasteiger partial charge on any atom is 0.163 e. The van der Waals surface area contributed by atoms with Crippen molar-refractivity contribution in [3.05, 3.63) is 29.6 Å². The first-order chi connectivity index (χ1) is 7.54. The fraction of sp³-hybridized carbons (Fsp3) is 0.333. The molecule has 0 bridgehead atoms. The molecular formula is C12H13FO2S. The average molecular weight is 240 g/mol. The Kier molecular flexibility index (Phi) is 4.68. The number of Topliss-reactive ketones (excluding diaryl/α,β-unsaturated/α-hetero) is 2. The predicted octanol–water partition coefficient (Wildman–Crippen LogP) is 3.10. The van der Waals surface area contributed by atoms with Gasteiger partial charge in [-0.25, -0.2) is 4.39 Å². The predicted molar refractivity (Wildman–Crippen MR) is 62.4 cm³/mol. The van der Waals surface area contributed by atoms with Crippen LogP contribution in [0.1, 0.15) is 30.1 Å². The van der Waals surface area contributed by atoms with E-state index < -0.39 is 0 Å². The molecule has 0 fully saturated rings. The summed E-state index contributed by atoms with van der Waals surface area (Å²) in [6.07, 6.45) is 2.13. The number of hydrogen-bond acceptors (Lipinski definition) is 3. The normalized spacial score (nSPS) is 10.2. The SMILES string of the molecule is CSc1ccc(C(=O)CCC(C)=O)cc1F. The van der Waals surface area contributed by atoms with Gasteiger partial charge in [-0.15, -0.1) is 11.8 Å². The quantitative estimate of drug-likeness (QED) is 0.586. The smallest absolute Gasteiger partial charge is 0.163 e. The molecule has 0 aliphatic heterocycles. The number of rotatable bonds is 5. The van der Waals surface area contributed by atoms with Gasteiger partial charge in [0.05, 0.1) is 0 Å². The zero-order valence-corrected chi connectivity index (χ0v) is 10.1. The Morgan fingerprint density at radius 2 is 2.00 bits per heavy atom. The van der Waals surface area contributed by atoms with Crippen LogP contribution in [-0.2, 0) is 4.79 Å². The van der Waals surface area contributed by atoms with Crippen LogP contribution in [0, 0.1) is 5.82 Å². The van der Waals surface area contributed by atoms with Gasteiger partial charge in [0.15, 0.2) is 5.78 Å². The van der Waals surface area contributed by atoms with Crippen LogP contribution >= 0.6 is 11.8 Å². The zero-order chi connectivity index (χ0) is 12.1. The van der Waals surface area contributed by atoms with Gasteiger partial charge in [0.1, 0.15) is 11.6 Å². The molecule has 2 nitrogen and oxygen atoms in total. The second-order valence-electron chi connectivity index (χ2n) is 3.47. The van der Waals surface area contributed by atoms with E-state index in [1.165, 1.54) is 24.8 Å². The molecule has 1 aromatic carbocycles. The molecule has 0 saturated carbocycles. The van der Waals surface area contributed by atoms with Crippen LogP contribution < -0.4 is 0 Å². The van der Waals surface area contributed by atoms with Crippen molar-refractivity contribution in [2.24, 2.45) is 0 Å². The van der Waals surface area contributed by atoms with Crippen molar-refractivity contribution in [2.45, 2.75) is 24.7 Å². The molecule has 0 spiro atoms. The van der Waals surface area contributed by atoms with Gasteiger partial charge in [0.2, 0.25) is 0 Å². The summed E-state index contributed by atoms with van der Waals surface area (Å²) >= 11 is 1.29. The van der Waals surface area contributed by atoms with Gasteiger partial charge in [-0.1, -0.05) is 6.07 Å². The number of hydrogen-bond donors (Lipinski definition) is 0. The first-order valence-corrected chi connectivity index (χ1v) is 6.13. The summed E-state index contributed by atoms with van der Waals surface area (Å²) in [5.74, 6) is -0.613. The molecule has 16 heavy (non-hydrogen) atoms.